The van der Waals surface area contributed by atoms with E-state index in [1.54, 1.807) is 12.1 Å². The van der Waals surface area contributed by atoms with Crippen molar-refractivity contribution in [2.75, 3.05) is 6.54 Å². The average molecular weight is 442 g/mol. The number of aliphatic hydroxyl groups is 1. The van der Waals surface area contributed by atoms with E-state index >= 15 is 0 Å². The molecule has 2 aliphatic rings. The minimum Gasteiger partial charge on any atom is -0.508 e. The minimum absolute atomic E-state index is 0.0106. The highest BCUT2D eigenvalue weighted by Gasteiger charge is 2.38. The van der Waals surface area contributed by atoms with E-state index < -0.39 is 5.60 Å². The molecule has 1 atom stereocenters. The molecule has 33 heavy (non-hydrogen) atoms. The monoisotopic (exact) mass is 441 g/mol. The number of amides is 1. The zero-order chi connectivity index (χ0) is 23.0. The lowest BCUT2D eigenvalue weighted by Gasteiger charge is -2.35. The fraction of sp³-hybridized carbons (Fsp3) is 0.250. The largest absolute Gasteiger partial charge is 0.508 e. The number of fused-ring (bicyclic) bond motifs is 1. The van der Waals surface area contributed by atoms with Gasteiger partial charge in [-0.1, -0.05) is 30.3 Å². The first-order valence-electron chi connectivity index (χ1n) is 11.2. The molecule has 5 rings (SSSR count). The Morgan fingerprint density at radius 2 is 1.79 bits per heavy atom. The predicted octanol–water partition coefficient (Wildman–Crippen LogP) is 5.97. The van der Waals surface area contributed by atoms with E-state index in [0.717, 1.165) is 12.0 Å². The summed E-state index contributed by atoms with van der Waals surface area (Å²) in [6.45, 7) is 5.16. The van der Waals surface area contributed by atoms with Gasteiger partial charge in [-0.2, -0.15) is 0 Å². The normalized spacial score (nSPS) is 19.2. The number of nitrogens with zero attached hydrogens (tertiary/aromatic N) is 1. The number of benzene rings is 3. The fourth-order valence-electron chi connectivity index (χ4n) is 4.30. The van der Waals surface area contributed by atoms with E-state index in [-0.39, 0.29) is 11.7 Å². The number of ether oxygens (including phenoxy) is 2. The maximum atomic E-state index is 13.1. The molecule has 5 nitrogen and oxygen atoms in total. The first-order chi connectivity index (χ1) is 15.9. The molecule has 0 bridgehead atoms. The standard InChI is InChI=1S/C28H27NO4/c1-19-16-24(10-11-25(19)33-28(2)14-12-26(28)30)32-23-9-5-8-21(17-23)27(31)29-15-13-20-6-3-4-7-22(20)18-29/h3-12,16-17,30H,13-15,18H2,1-2H3. The summed E-state index contributed by atoms with van der Waals surface area (Å²) in [5, 5.41) is 9.86. The molecule has 0 spiro atoms. The Kier molecular flexibility index (Phi) is 5.33. The molecule has 0 radical (unpaired) electrons. The van der Waals surface area contributed by atoms with Gasteiger partial charge in [0.05, 0.1) is 0 Å². The van der Waals surface area contributed by atoms with Crippen molar-refractivity contribution in [2.45, 2.75) is 38.8 Å². The maximum absolute atomic E-state index is 13.1. The van der Waals surface area contributed by atoms with Crippen LogP contribution in [-0.2, 0) is 13.0 Å². The lowest BCUT2D eigenvalue weighted by Crippen LogP contribution is -2.40. The molecule has 3 aromatic carbocycles. The Balaban J connectivity index is 1.28. The van der Waals surface area contributed by atoms with Gasteiger partial charge in [-0.3, -0.25) is 4.79 Å². The van der Waals surface area contributed by atoms with Crippen molar-refractivity contribution in [3.05, 3.63) is 101 Å². The molecule has 168 valence electrons. The third-order valence-electron chi connectivity index (χ3n) is 6.44. The Morgan fingerprint density at radius 3 is 2.52 bits per heavy atom. The number of aliphatic hydroxyl groups excluding tert-OH is 1. The third kappa shape index (κ3) is 4.19. The second-order valence-corrected chi connectivity index (χ2v) is 8.93. The van der Waals surface area contributed by atoms with Crippen LogP contribution in [0.2, 0.25) is 0 Å². The second-order valence-electron chi connectivity index (χ2n) is 8.93. The topological polar surface area (TPSA) is 59.0 Å². The summed E-state index contributed by atoms with van der Waals surface area (Å²) >= 11 is 0. The number of carbonyl (C=O) groups is 1. The highest BCUT2D eigenvalue weighted by atomic mass is 16.5. The van der Waals surface area contributed by atoms with Gasteiger partial charge in [0.15, 0.2) is 5.60 Å². The van der Waals surface area contributed by atoms with Gasteiger partial charge in [0.2, 0.25) is 0 Å². The number of hydrogen-bond donors (Lipinski definition) is 1. The molecule has 1 N–H and O–H groups in total. The summed E-state index contributed by atoms with van der Waals surface area (Å²) in [6.07, 6.45) is 3.31. The first-order valence-corrected chi connectivity index (χ1v) is 11.2. The summed E-state index contributed by atoms with van der Waals surface area (Å²) in [7, 11) is 0. The van der Waals surface area contributed by atoms with E-state index in [1.807, 2.05) is 67.3 Å². The molecule has 1 heterocycles. The van der Waals surface area contributed by atoms with Crippen LogP contribution in [0.4, 0.5) is 0 Å². The van der Waals surface area contributed by atoms with Crippen molar-refractivity contribution in [2.24, 2.45) is 0 Å². The Labute approximate surface area is 193 Å². The molecule has 3 aromatic rings. The van der Waals surface area contributed by atoms with Gasteiger partial charge in [0.25, 0.3) is 5.91 Å². The molecular weight excluding hydrogens is 414 g/mol. The summed E-state index contributed by atoms with van der Waals surface area (Å²) in [5.41, 5.74) is 3.40. The molecule has 0 saturated carbocycles. The maximum Gasteiger partial charge on any atom is 0.254 e. The van der Waals surface area contributed by atoms with Gasteiger partial charge in [-0.25, -0.2) is 0 Å². The quantitative estimate of drug-likeness (QED) is 0.530. The number of hydrogen-bond acceptors (Lipinski definition) is 4. The van der Waals surface area contributed by atoms with E-state index in [0.29, 0.717) is 42.3 Å². The lowest BCUT2D eigenvalue weighted by atomic mass is 9.88. The number of aryl methyl sites for hydroxylation is 1. The average Bonchev–Trinajstić information content (AvgIpc) is 2.84. The van der Waals surface area contributed by atoms with Gasteiger partial charge in [-0.15, -0.1) is 0 Å². The smallest absolute Gasteiger partial charge is 0.254 e. The van der Waals surface area contributed by atoms with Crippen LogP contribution >= 0.6 is 0 Å². The Bertz CT molecular complexity index is 1250. The van der Waals surface area contributed by atoms with Crippen molar-refractivity contribution in [1.82, 2.24) is 4.90 Å². The molecule has 0 aromatic heterocycles. The molecule has 1 unspecified atom stereocenters. The first kappa shape index (κ1) is 21.1. The van der Waals surface area contributed by atoms with Gasteiger partial charge < -0.3 is 19.5 Å². The summed E-state index contributed by atoms with van der Waals surface area (Å²) in [5.74, 6) is 2.25. The van der Waals surface area contributed by atoms with E-state index in [2.05, 4.69) is 12.1 Å². The molecule has 1 amide bonds. The highest BCUT2D eigenvalue weighted by Crippen LogP contribution is 2.37. The van der Waals surface area contributed by atoms with Gasteiger partial charge >= 0.3 is 0 Å². The predicted molar refractivity (Wildman–Crippen MR) is 127 cm³/mol. The van der Waals surface area contributed by atoms with Crippen LogP contribution in [0.15, 0.2) is 78.6 Å². The summed E-state index contributed by atoms with van der Waals surface area (Å²) < 4.78 is 12.1. The van der Waals surface area contributed by atoms with Crippen LogP contribution in [0.25, 0.3) is 0 Å². The SMILES string of the molecule is Cc1cc(Oc2cccc(C(=O)N3CCc4ccccc4C3)c2)ccc1OC1(C)CC=C1O. The summed E-state index contributed by atoms with van der Waals surface area (Å²) in [4.78, 5) is 15.0. The molecule has 1 aliphatic carbocycles. The van der Waals surface area contributed by atoms with Gasteiger partial charge in [0, 0.05) is 25.1 Å². The Morgan fingerprint density at radius 1 is 1.00 bits per heavy atom. The number of carbonyl (C=O) groups excluding carboxylic acids is 1. The van der Waals surface area contributed by atoms with Crippen LogP contribution in [0, 0.1) is 6.92 Å². The molecular formula is C28H27NO4. The van der Waals surface area contributed by atoms with Crippen molar-refractivity contribution in [1.29, 1.82) is 0 Å². The molecule has 0 saturated heterocycles. The van der Waals surface area contributed by atoms with Crippen LogP contribution in [0.5, 0.6) is 17.2 Å². The Hall–Kier alpha value is -3.73. The van der Waals surface area contributed by atoms with Gasteiger partial charge in [-0.05, 0) is 79.4 Å². The van der Waals surface area contributed by atoms with Crippen molar-refractivity contribution in [3.8, 4) is 17.2 Å². The number of rotatable bonds is 5. The zero-order valence-corrected chi connectivity index (χ0v) is 18.9. The summed E-state index contributed by atoms with van der Waals surface area (Å²) in [6, 6.07) is 21.2. The van der Waals surface area contributed by atoms with Crippen LogP contribution in [-0.4, -0.2) is 28.1 Å². The molecule has 1 aliphatic heterocycles. The van der Waals surface area contributed by atoms with E-state index in [4.69, 9.17) is 9.47 Å². The van der Waals surface area contributed by atoms with E-state index in [9.17, 15) is 9.90 Å². The third-order valence-corrected chi connectivity index (χ3v) is 6.44. The zero-order valence-electron chi connectivity index (χ0n) is 18.9. The van der Waals surface area contributed by atoms with Crippen LogP contribution in [0.3, 0.4) is 0 Å². The molecule has 5 heteroatoms. The van der Waals surface area contributed by atoms with Crippen molar-refractivity contribution < 1.29 is 19.4 Å². The van der Waals surface area contributed by atoms with Crippen molar-refractivity contribution >= 4 is 5.91 Å². The van der Waals surface area contributed by atoms with Gasteiger partial charge in [0.1, 0.15) is 23.0 Å². The second kappa shape index (κ2) is 8.32. The van der Waals surface area contributed by atoms with Crippen molar-refractivity contribution in [3.63, 3.8) is 0 Å². The molecule has 0 fully saturated rings. The van der Waals surface area contributed by atoms with E-state index in [1.165, 1.54) is 11.1 Å². The lowest BCUT2D eigenvalue weighted by molar-refractivity contribution is 0.0547. The fourth-order valence-corrected chi connectivity index (χ4v) is 4.30. The van der Waals surface area contributed by atoms with Crippen LogP contribution in [0.1, 0.15) is 40.4 Å². The highest BCUT2D eigenvalue weighted by molar-refractivity contribution is 5.94. The minimum atomic E-state index is -0.656. The van der Waals surface area contributed by atoms with Crippen LogP contribution < -0.4 is 9.47 Å².